The molecule has 30 heavy (non-hydrogen) atoms. The number of rotatable bonds is 6. The highest BCUT2D eigenvalue weighted by molar-refractivity contribution is 6.03. The van der Waals surface area contributed by atoms with Crippen molar-refractivity contribution in [2.75, 3.05) is 12.4 Å². The maximum absolute atomic E-state index is 12.7. The Morgan fingerprint density at radius 2 is 2.03 bits per heavy atom. The van der Waals surface area contributed by atoms with E-state index in [4.69, 9.17) is 9.26 Å². The first-order valence-corrected chi connectivity index (χ1v) is 9.52. The van der Waals surface area contributed by atoms with Gasteiger partial charge in [-0.2, -0.15) is 0 Å². The van der Waals surface area contributed by atoms with Gasteiger partial charge in [0.25, 0.3) is 5.91 Å². The second kappa shape index (κ2) is 7.43. The van der Waals surface area contributed by atoms with Crippen LogP contribution in [0.3, 0.4) is 0 Å². The molecule has 1 aliphatic rings. The number of hydrogen-bond donors (Lipinski definition) is 1. The summed E-state index contributed by atoms with van der Waals surface area (Å²) in [5, 5.41) is 18.7. The van der Waals surface area contributed by atoms with E-state index in [1.165, 1.54) is 0 Å². The summed E-state index contributed by atoms with van der Waals surface area (Å²) in [4.78, 5) is 12.7. The van der Waals surface area contributed by atoms with Gasteiger partial charge in [0.05, 0.1) is 18.7 Å². The SMILES string of the molecule is COc1ccccc1-c1cc(C(=O)Nc2cccc(-c3nnnn3C3CC3)c2)no1. The zero-order valence-corrected chi connectivity index (χ0v) is 16.1. The van der Waals surface area contributed by atoms with Crippen molar-refractivity contribution >= 4 is 11.6 Å². The molecule has 0 radical (unpaired) electrons. The van der Waals surface area contributed by atoms with E-state index in [1.807, 2.05) is 47.1 Å². The molecule has 9 heteroatoms. The van der Waals surface area contributed by atoms with Crippen molar-refractivity contribution in [1.29, 1.82) is 0 Å². The molecule has 0 unspecified atom stereocenters. The van der Waals surface area contributed by atoms with Gasteiger partial charge in [0.15, 0.2) is 17.3 Å². The van der Waals surface area contributed by atoms with Crippen molar-refractivity contribution in [3.8, 4) is 28.5 Å². The maximum Gasteiger partial charge on any atom is 0.277 e. The third-order valence-corrected chi connectivity index (χ3v) is 4.88. The number of para-hydroxylation sites is 1. The van der Waals surface area contributed by atoms with Crippen LogP contribution in [0.1, 0.15) is 29.4 Å². The van der Waals surface area contributed by atoms with Crippen LogP contribution in [0.4, 0.5) is 5.69 Å². The number of carbonyl (C=O) groups excluding carboxylic acids is 1. The standard InChI is InChI=1S/C21H18N6O3/c1-29-18-8-3-2-7-16(18)19-12-17(24-30-19)21(28)22-14-6-4-5-13(11-14)20-23-25-26-27(20)15-9-10-15/h2-8,11-12,15H,9-10H2,1H3,(H,22,28). The van der Waals surface area contributed by atoms with Crippen molar-refractivity contribution < 1.29 is 14.1 Å². The first kappa shape index (κ1) is 18.0. The number of aromatic nitrogens is 5. The van der Waals surface area contributed by atoms with Crippen molar-refractivity contribution in [3.05, 3.63) is 60.3 Å². The van der Waals surface area contributed by atoms with Crippen LogP contribution in [0.25, 0.3) is 22.7 Å². The monoisotopic (exact) mass is 402 g/mol. The maximum atomic E-state index is 12.7. The largest absolute Gasteiger partial charge is 0.496 e. The summed E-state index contributed by atoms with van der Waals surface area (Å²) >= 11 is 0. The molecule has 1 aliphatic carbocycles. The average Bonchev–Trinajstić information content (AvgIpc) is 3.29. The predicted octanol–water partition coefficient (Wildman–Crippen LogP) is 3.59. The molecule has 0 saturated heterocycles. The van der Waals surface area contributed by atoms with Gasteiger partial charge in [-0.05, 0) is 47.5 Å². The number of amides is 1. The lowest BCUT2D eigenvalue weighted by atomic mass is 10.1. The Kier molecular flexibility index (Phi) is 4.47. The van der Waals surface area contributed by atoms with Gasteiger partial charge in [0, 0.05) is 17.3 Å². The van der Waals surface area contributed by atoms with Crippen molar-refractivity contribution in [1.82, 2.24) is 25.4 Å². The third-order valence-electron chi connectivity index (χ3n) is 4.88. The van der Waals surface area contributed by atoms with E-state index < -0.39 is 0 Å². The Balaban J connectivity index is 1.36. The normalized spacial score (nSPS) is 13.2. The fraction of sp³-hybridized carbons (Fsp3) is 0.190. The summed E-state index contributed by atoms with van der Waals surface area (Å²) < 4.78 is 12.5. The molecule has 9 nitrogen and oxygen atoms in total. The Labute approximate surface area is 171 Å². The number of benzene rings is 2. The van der Waals surface area contributed by atoms with Crippen molar-refractivity contribution in [2.24, 2.45) is 0 Å². The summed E-state index contributed by atoms with van der Waals surface area (Å²) in [6, 6.07) is 16.7. The van der Waals surface area contributed by atoms with E-state index in [2.05, 4.69) is 26.0 Å². The zero-order chi connectivity index (χ0) is 20.5. The summed E-state index contributed by atoms with van der Waals surface area (Å²) in [7, 11) is 1.58. The van der Waals surface area contributed by atoms with E-state index in [0.717, 1.165) is 24.0 Å². The molecule has 150 valence electrons. The first-order chi connectivity index (χ1) is 14.7. The van der Waals surface area contributed by atoms with E-state index in [-0.39, 0.29) is 11.6 Å². The quantitative estimate of drug-likeness (QED) is 0.525. The molecule has 5 rings (SSSR count). The number of nitrogens with one attached hydrogen (secondary N) is 1. The molecule has 1 saturated carbocycles. The molecule has 0 spiro atoms. The van der Waals surface area contributed by atoms with Crippen LogP contribution in [0, 0.1) is 0 Å². The van der Waals surface area contributed by atoms with Gasteiger partial charge in [-0.25, -0.2) is 4.68 Å². The number of anilines is 1. The summed E-state index contributed by atoms with van der Waals surface area (Å²) in [5.74, 6) is 1.41. The van der Waals surface area contributed by atoms with E-state index in [0.29, 0.717) is 29.1 Å². The van der Waals surface area contributed by atoms with E-state index in [1.54, 1.807) is 19.2 Å². The predicted molar refractivity (Wildman–Crippen MR) is 108 cm³/mol. The average molecular weight is 402 g/mol. The smallest absolute Gasteiger partial charge is 0.277 e. The van der Waals surface area contributed by atoms with Gasteiger partial charge in [-0.15, -0.1) is 5.10 Å². The lowest BCUT2D eigenvalue weighted by Gasteiger charge is -2.06. The summed E-state index contributed by atoms with van der Waals surface area (Å²) in [6.45, 7) is 0. The number of ether oxygens (including phenoxy) is 1. The molecule has 2 aromatic carbocycles. The molecule has 4 aromatic rings. The first-order valence-electron chi connectivity index (χ1n) is 9.52. The van der Waals surface area contributed by atoms with Gasteiger partial charge >= 0.3 is 0 Å². The zero-order valence-electron chi connectivity index (χ0n) is 16.1. The second-order valence-electron chi connectivity index (χ2n) is 6.99. The van der Waals surface area contributed by atoms with Crippen LogP contribution in [0.15, 0.2) is 59.1 Å². The van der Waals surface area contributed by atoms with Gasteiger partial charge in [-0.1, -0.05) is 29.4 Å². The van der Waals surface area contributed by atoms with Crippen LogP contribution in [-0.2, 0) is 0 Å². The summed E-state index contributed by atoms with van der Waals surface area (Å²) in [6.07, 6.45) is 2.16. The number of hydrogen-bond acceptors (Lipinski definition) is 7. The molecular formula is C21H18N6O3. The molecule has 0 aliphatic heterocycles. The number of tetrazole rings is 1. The Bertz CT molecular complexity index is 1210. The third kappa shape index (κ3) is 3.41. The molecule has 0 atom stereocenters. The van der Waals surface area contributed by atoms with Crippen LogP contribution in [0.2, 0.25) is 0 Å². The minimum atomic E-state index is -0.376. The fourth-order valence-electron chi connectivity index (χ4n) is 3.24. The van der Waals surface area contributed by atoms with Crippen molar-refractivity contribution in [2.45, 2.75) is 18.9 Å². The molecule has 1 N–H and O–H groups in total. The van der Waals surface area contributed by atoms with Gasteiger partial charge in [0.1, 0.15) is 5.75 Å². The van der Waals surface area contributed by atoms with Crippen molar-refractivity contribution in [3.63, 3.8) is 0 Å². The van der Waals surface area contributed by atoms with Crippen LogP contribution in [-0.4, -0.2) is 38.4 Å². The molecule has 1 amide bonds. The number of methoxy groups -OCH3 is 1. The highest BCUT2D eigenvalue weighted by Crippen LogP contribution is 2.37. The van der Waals surface area contributed by atoms with Crippen LogP contribution < -0.4 is 10.1 Å². The summed E-state index contributed by atoms with van der Waals surface area (Å²) in [5.41, 5.74) is 2.34. The Morgan fingerprint density at radius 3 is 2.87 bits per heavy atom. The number of nitrogens with zero attached hydrogens (tertiary/aromatic N) is 5. The minimum Gasteiger partial charge on any atom is -0.496 e. The molecule has 2 heterocycles. The van der Waals surface area contributed by atoms with Gasteiger partial charge in [0.2, 0.25) is 0 Å². The molecule has 1 fully saturated rings. The highest BCUT2D eigenvalue weighted by Gasteiger charge is 2.28. The Hall–Kier alpha value is -4.01. The number of carbonyl (C=O) groups is 1. The lowest BCUT2D eigenvalue weighted by Crippen LogP contribution is -2.12. The lowest BCUT2D eigenvalue weighted by molar-refractivity contribution is 0.101. The topological polar surface area (TPSA) is 108 Å². The van der Waals surface area contributed by atoms with Gasteiger partial charge in [-0.3, -0.25) is 4.79 Å². The minimum absolute atomic E-state index is 0.170. The van der Waals surface area contributed by atoms with Gasteiger partial charge < -0.3 is 14.6 Å². The van der Waals surface area contributed by atoms with E-state index >= 15 is 0 Å². The molecular weight excluding hydrogens is 384 g/mol. The molecule has 2 aromatic heterocycles. The Morgan fingerprint density at radius 1 is 1.17 bits per heavy atom. The fourth-order valence-corrected chi connectivity index (χ4v) is 3.24. The van der Waals surface area contributed by atoms with Crippen LogP contribution in [0.5, 0.6) is 5.75 Å². The van der Waals surface area contributed by atoms with Crippen LogP contribution >= 0.6 is 0 Å². The van der Waals surface area contributed by atoms with E-state index in [9.17, 15) is 4.79 Å². The highest BCUT2D eigenvalue weighted by atomic mass is 16.5. The molecule has 0 bridgehead atoms. The second-order valence-corrected chi connectivity index (χ2v) is 6.99.